The molecule has 0 amide bonds. The zero-order chi connectivity index (χ0) is 49.7. The van der Waals surface area contributed by atoms with Crippen molar-refractivity contribution in [3.05, 3.63) is 324 Å². The van der Waals surface area contributed by atoms with Gasteiger partial charge in [-0.3, -0.25) is 0 Å². The monoisotopic (exact) mass is 962 g/mol. The van der Waals surface area contributed by atoms with Crippen LogP contribution in [0.2, 0.25) is 0 Å². The van der Waals surface area contributed by atoms with Crippen molar-refractivity contribution in [2.24, 2.45) is 0 Å². The Morgan fingerprint density at radius 2 is 0.487 bits per heavy atom. The first-order valence-corrected chi connectivity index (χ1v) is 26.6. The lowest BCUT2D eigenvalue weighted by molar-refractivity contribution is 0.635. The van der Waals surface area contributed by atoms with E-state index >= 15 is 0 Å². The van der Waals surface area contributed by atoms with E-state index in [1.807, 2.05) is 0 Å². The summed E-state index contributed by atoms with van der Waals surface area (Å²) in [7, 11) is 0. The molecule has 0 radical (unpaired) electrons. The largest absolute Gasteiger partial charge is 0.309 e. The second-order valence-corrected chi connectivity index (χ2v) is 21.0. The number of nitrogens with zero attached hydrogens (tertiary/aromatic N) is 2. The summed E-state index contributed by atoms with van der Waals surface area (Å²) in [6, 6.07) is 106. The van der Waals surface area contributed by atoms with E-state index in [1.165, 1.54) is 133 Å². The van der Waals surface area contributed by atoms with E-state index in [0.717, 1.165) is 11.4 Å². The van der Waals surface area contributed by atoms with E-state index in [1.54, 1.807) is 0 Å². The van der Waals surface area contributed by atoms with Gasteiger partial charge in [0.2, 0.25) is 0 Å². The van der Waals surface area contributed by atoms with Gasteiger partial charge in [0, 0.05) is 32.9 Å². The maximum absolute atomic E-state index is 2.64. The number of para-hydroxylation sites is 2. The molecule has 17 rings (SSSR count). The van der Waals surface area contributed by atoms with Crippen molar-refractivity contribution in [2.75, 3.05) is 0 Å². The molecule has 2 aromatic heterocycles. The highest BCUT2D eigenvalue weighted by Crippen LogP contribution is 2.68. The molecule has 0 N–H and O–H groups in total. The molecule has 0 atom stereocenters. The van der Waals surface area contributed by atoms with Gasteiger partial charge in [0.15, 0.2) is 0 Å². The number of aromatic nitrogens is 2. The van der Waals surface area contributed by atoms with Crippen LogP contribution in [0.3, 0.4) is 0 Å². The Hall–Kier alpha value is -9.76. The molecule has 0 bridgehead atoms. The lowest BCUT2D eigenvalue weighted by Crippen LogP contribution is -2.44. The summed E-state index contributed by atoms with van der Waals surface area (Å²) in [4.78, 5) is 0. The van der Waals surface area contributed by atoms with Gasteiger partial charge in [-0.2, -0.15) is 0 Å². The molecule has 14 aromatic rings. The predicted molar refractivity (Wildman–Crippen MR) is 314 cm³/mol. The third-order valence-electron chi connectivity index (χ3n) is 17.6. The molecule has 352 valence electrons. The van der Waals surface area contributed by atoms with Gasteiger partial charge in [-0.25, -0.2) is 0 Å². The lowest BCUT2D eigenvalue weighted by atomic mass is 9.52. The van der Waals surface area contributed by atoms with Crippen LogP contribution >= 0.6 is 0 Å². The molecule has 2 nitrogen and oxygen atoms in total. The van der Waals surface area contributed by atoms with Crippen LogP contribution in [0.15, 0.2) is 279 Å². The minimum atomic E-state index is -0.697. The Morgan fingerprint density at radius 3 is 0.855 bits per heavy atom. The molecule has 0 saturated heterocycles. The summed E-state index contributed by atoms with van der Waals surface area (Å²) >= 11 is 0. The van der Waals surface area contributed by atoms with Crippen molar-refractivity contribution in [3.63, 3.8) is 0 Å². The van der Waals surface area contributed by atoms with Crippen molar-refractivity contribution in [1.82, 2.24) is 9.13 Å². The van der Waals surface area contributed by atoms with E-state index in [9.17, 15) is 0 Å². The van der Waals surface area contributed by atoms with Crippen molar-refractivity contribution in [3.8, 4) is 55.9 Å². The van der Waals surface area contributed by atoms with Crippen LogP contribution in [-0.4, -0.2) is 9.13 Å². The average Bonchev–Trinajstić information content (AvgIpc) is 3.91. The molecule has 76 heavy (non-hydrogen) atoms. The highest BCUT2D eigenvalue weighted by Gasteiger charge is 2.59. The maximum Gasteiger partial charge on any atom is 0.0721 e. The van der Waals surface area contributed by atoms with Gasteiger partial charge in [0.25, 0.3) is 0 Å². The fourth-order valence-corrected chi connectivity index (χ4v) is 14.6. The fraction of sp³-hybridized carbons (Fsp3) is 0.0270. The summed E-state index contributed by atoms with van der Waals surface area (Å²) in [5.74, 6) is 0. The zero-order valence-electron chi connectivity index (χ0n) is 41.5. The molecule has 2 heterocycles. The molecule has 3 aliphatic rings. The number of hydrogen-bond donors (Lipinski definition) is 0. The normalized spacial score (nSPS) is 14.0. The van der Waals surface area contributed by atoms with E-state index in [2.05, 4.69) is 288 Å². The standard InChI is InChI=1S/C74H46N2/c1-3-19-47(20-4-1)49-35-39-51(40-36-49)75-69-33-17-11-27-57(69)59-43-65-67(45-71(59)75)73(61-29-13-7-23-53(61)54-24-8-14-30-62(54)73)66-44-60-58-28-12-18-34-70(58)76(52-41-37-50(38-42-52)48-21-5-2-6-22-48)72(60)46-68(66)74(65)63-31-15-9-25-55(63)56-26-10-16-32-64(56)74/h1-46H. The first-order valence-electron chi connectivity index (χ1n) is 26.6. The Morgan fingerprint density at radius 1 is 0.197 bits per heavy atom. The minimum absolute atomic E-state index is 0.697. The van der Waals surface area contributed by atoms with Crippen LogP contribution in [0.25, 0.3) is 99.5 Å². The van der Waals surface area contributed by atoms with Crippen LogP contribution < -0.4 is 0 Å². The number of rotatable bonds is 4. The second-order valence-electron chi connectivity index (χ2n) is 21.0. The number of hydrogen-bond acceptors (Lipinski definition) is 0. The van der Waals surface area contributed by atoms with E-state index < -0.39 is 10.8 Å². The third kappa shape index (κ3) is 5.30. The van der Waals surface area contributed by atoms with Crippen molar-refractivity contribution < 1.29 is 0 Å². The van der Waals surface area contributed by atoms with Gasteiger partial charge in [-0.15, -0.1) is 0 Å². The van der Waals surface area contributed by atoms with Gasteiger partial charge >= 0.3 is 0 Å². The molecule has 3 aliphatic carbocycles. The highest BCUT2D eigenvalue weighted by molar-refractivity contribution is 6.13. The maximum atomic E-state index is 2.64. The van der Waals surface area contributed by atoms with E-state index in [-0.39, 0.29) is 0 Å². The van der Waals surface area contributed by atoms with Crippen molar-refractivity contribution in [2.45, 2.75) is 10.8 Å². The predicted octanol–water partition coefficient (Wildman–Crippen LogP) is 18.3. The van der Waals surface area contributed by atoms with Crippen LogP contribution in [0, 0.1) is 0 Å². The van der Waals surface area contributed by atoms with Crippen LogP contribution in [0.5, 0.6) is 0 Å². The zero-order valence-corrected chi connectivity index (χ0v) is 41.5. The summed E-state index contributed by atoms with van der Waals surface area (Å²) in [6.45, 7) is 0. The van der Waals surface area contributed by atoms with Gasteiger partial charge in [-0.1, -0.05) is 218 Å². The van der Waals surface area contributed by atoms with Gasteiger partial charge in [0.1, 0.15) is 0 Å². The Balaban J connectivity index is 1.06. The summed E-state index contributed by atoms with van der Waals surface area (Å²) in [5.41, 5.74) is 26.2. The SMILES string of the molecule is c1ccc(-c2ccc(-n3c4ccccc4c4cc5c(cc43)C3(c4ccccc4-c4ccccc43)c3cc4c6ccccc6n(-c6ccc(-c7ccccc7)cc6)c4cc3C53c4ccccc4-c4ccccc43)cc2)cc1. The minimum Gasteiger partial charge on any atom is -0.309 e. The Labute approximate surface area is 440 Å². The van der Waals surface area contributed by atoms with Crippen LogP contribution in [0.1, 0.15) is 44.5 Å². The first-order chi connectivity index (χ1) is 37.7. The Bertz CT molecular complexity index is 4330. The van der Waals surface area contributed by atoms with Gasteiger partial charge < -0.3 is 9.13 Å². The molecule has 0 aliphatic heterocycles. The Kier molecular flexibility index (Phi) is 8.44. The first kappa shape index (κ1) is 41.7. The van der Waals surface area contributed by atoms with E-state index in [0.29, 0.717) is 0 Å². The molecule has 0 fully saturated rings. The van der Waals surface area contributed by atoms with Crippen molar-refractivity contribution >= 4 is 43.6 Å². The average molecular weight is 963 g/mol. The topological polar surface area (TPSA) is 9.86 Å². The van der Waals surface area contributed by atoms with Gasteiger partial charge in [0.05, 0.1) is 32.9 Å². The molecule has 2 spiro atoms. The van der Waals surface area contributed by atoms with Gasteiger partial charge in [-0.05, 0) is 150 Å². The smallest absolute Gasteiger partial charge is 0.0721 e. The molecule has 0 saturated carbocycles. The third-order valence-corrected chi connectivity index (χ3v) is 17.6. The van der Waals surface area contributed by atoms with E-state index in [4.69, 9.17) is 0 Å². The van der Waals surface area contributed by atoms with Crippen LogP contribution in [-0.2, 0) is 10.8 Å². The number of benzene rings is 12. The second kappa shape index (κ2) is 15.4. The fourth-order valence-electron chi connectivity index (χ4n) is 14.6. The number of fused-ring (bicyclic) bond motifs is 22. The summed E-state index contributed by atoms with van der Waals surface area (Å²) in [6.07, 6.45) is 0. The molecule has 2 heteroatoms. The lowest BCUT2D eigenvalue weighted by Gasteiger charge is -2.49. The van der Waals surface area contributed by atoms with Crippen LogP contribution in [0.4, 0.5) is 0 Å². The summed E-state index contributed by atoms with van der Waals surface area (Å²) < 4.78 is 5.05. The highest BCUT2D eigenvalue weighted by atomic mass is 15.0. The molecular weight excluding hydrogens is 917 g/mol. The molecule has 12 aromatic carbocycles. The molecular formula is C74H46N2. The van der Waals surface area contributed by atoms with Crippen molar-refractivity contribution in [1.29, 1.82) is 0 Å². The molecule has 0 unspecified atom stereocenters. The summed E-state index contributed by atoms with van der Waals surface area (Å²) in [5, 5.41) is 4.97. The quantitative estimate of drug-likeness (QED) is 0.166.